The molecule has 0 amide bonds. The Bertz CT molecular complexity index is 1500. The molecular weight excluding hydrogens is 517 g/mol. The number of carbonyl (C=O) groups is 1. The molecule has 2 N–H and O–H groups in total. The summed E-state index contributed by atoms with van der Waals surface area (Å²) in [5.41, 5.74) is 2.29. The van der Waals surface area contributed by atoms with Crippen molar-refractivity contribution in [2.75, 3.05) is 45.1 Å². The van der Waals surface area contributed by atoms with Crippen LogP contribution in [0.25, 0.3) is 11.0 Å². The van der Waals surface area contributed by atoms with Crippen LogP contribution in [0.4, 0.5) is 19.0 Å². The monoisotopic (exact) mass is 548 g/mol. The van der Waals surface area contributed by atoms with Crippen molar-refractivity contribution >= 4 is 23.1 Å². The second-order valence-corrected chi connectivity index (χ2v) is 9.31. The Morgan fingerprint density at radius 3 is 2.45 bits per heavy atom. The van der Waals surface area contributed by atoms with E-state index in [1.54, 1.807) is 12.4 Å². The molecule has 1 fully saturated rings. The SMILES string of the molecule is CCN1CCN(Cc2ccc(C=O)cc2C(F)(F)F)CC1.CNc1cc(C#Cc2cnc3[nH]ccc3c2)ccn1. The number of hydrogen-bond acceptors (Lipinski definition) is 6. The van der Waals surface area contributed by atoms with Gasteiger partial charge in [-0.15, -0.1) is 0 Å². The van der Waals surface area contributed by atoms with Gasteiger partial charge in [-0.05, 0) is 42.4 Å². The number of fused-ring (bicyclic) bond motifs is 1. The number of rotatable bonds is 5. The molecule has 3 aromatic heterocycles. The number of alkyl halides is 3. The highest BCUT2D eigenvalue weighted by Crippen LogP contribution is 2.33. The average Bonchev–Trinajstić information content (AvgIpc) is 3.45. The Balaban J connectivity index is 0.000000186. The fourth-order valence-corrected chi connectivity index (χ4v) is 4.37. The average molecular weight is 549 g/mol. The first-order valence-electron chi connectivity index (χ1n) is 13.0. The second kappa shape index (κ2) is 13.2. The van der Waals surface area contributed by atoms with E-state index in [9.17, 15) is 18.0 Å². The van der Waals surface area contributed by atoms with Crippen molar-refractivity contribution < 1.29 is 18.0 Å². The summed E-state index contributed by atoms with van der Waals surface area (Å²) in [6, 6.07) is 11.6. The van der Waals surface area contributed by atoms with Gasteiger partial charge in [-0.2, -0.15) is 13.2 Å². The van der Waals surface area contributed by atoms with Gasteiger partial charge in [-0.25, -0.2) is 9.97 Å². The number of carbonyl (C=O) groups excluding carboxylic acids is 1. The first-order valence-corrected chi connectivity index (χ1v) is 13.0. The number of pyridine rings is 2. The van der Waals surface area contributed by atoms with Crippen molar-refractivity contribution in [3.05, 3.63) is 88.9 Å². The number of benzene rings is 1. The largest absolute Gasteiger partial charge is 0.416 e. The first-order chi connectivity index (χ1) is 19.3. The lowest BCUT2D eigenvalue weighted by molar-refractivity contribution is -0.138. The molecule has 0 radical (unpaired) electrons. The van der Waals surface area contributed by atoms with Crippen molar-refractivity contribution in [3.63, 3.8) is 0 Å². The highest BCUT2D eigenvalue weighted by molar-refractivity contribution is 5.77. The van der Waals surface area contributed by atoms with Crippen molar-refractivity contribution in [2.45, 2.75) is 19.6 Å². The van der Waals surface area contributed by atoms with E-state index in [0.717, 1.165) is 66.8 Å². The lowest BCUT2D eigenvalue weighted by atomic mass is 10.0. The van der Waals surface area contributed by atoms with Crippen molar-refractivity contribution in [1.82, 2.24) is 24.8 Å². The number of H-pyrrole nitrogens is 1. The third-order valence-corrected chi connectivity index (χ3v) is 6.65. The van der Waals surface area contributed by atoms with Crippen molar-refractivity contribution in [1.29, 1.82) is 0 Å². The van der Waals surface area contributed by atoms with Crippen LogP contribution in [0.3, 0.4) is 0 Å². The molecule has 5 rings (SSSR count). The molecule has 0 bridgehead atoms. The number of halogens is 3. The molecule has 7 nitrogen and oxygen atoms in total. The molecule has 0 saturated carbocycles. The molecule has 0 unspecified atom stereocenters. The molecule has 1 aliphatic rings. The van der Waals surface area contributed by atoms with Gasteiger partial charge >= 0.3 is 6.18 Å². The van der Waals surface area contributed by atoms with Crippen LogP contribution in [0.1, 0.15) is 39.5 Å². The van der Waals surface area contributed by atoms with Gasteiger partial charge < -0.3 is 15.2 Å². The summed E-state index contributed by atoms with van der Waals surface area (Å²) in [6.45, 7) is 6.60. The molecule has 4 heterocycles. The van der Waals surface area contributed by atoms with E-state index in [-0.39, 0.29) is 17.7 Å². The van der Waals surface area contributed by atoms with E-state index in [1.165, 1.54) is 12.1 Å². The molecule has 40 heavy (non-hydrogen) atoms. The second-order valence-electron chi connectivity index (χ2n) is 9.31. The van der Waals surface area contributed by atoms with Crippen LogP contribution in [-0.2, 0) is 12.7 Å². The maximum atomic E-state index is 13.1. The predicted octanol–water partition coefficient (Wildman–Crippen LogP) is 5.05. The van der Waals surface area contributed by atoms with Gasteiger partial charge in [0.1, 0.15) is 17.8 Å². The molecular formula is C30H31F3N6O. The van der Waals surface area contributed by atoms with Gasteiger partial charge in [-0.3, -0.25) is 9.69 Å². The minimum Gasteiger partial charge on any atom is -0.373 e. The van der Waals surface area contributed by atoms with Gasteiger partial charge in [0.05, 0.1) is 5.56 Å². The van der Waals surface area contributed by atoms with Gasteiger partial charge in [0.25, 0.3) is 0 Å². The third kappa shape index (κ3) is 7.68. The molecule has 208 valence electrons. The van der Waals surface area contributed by atoms with Crippen LogP contribution in [-0.4, -0.2) is 70.8 Å². The fraction of sp³-hybridized carbons (Fsp3) is 0.300. The van der Waals surface area contributed by atoms with Crippen LogP contribution in [0.2, 0.25) is 0 Å². The van der Waals surface area contributed by atoms with E-state index in [0.29, 0.717) is 6.29 Å². The smallest absolute Gasteiger partial charge is 0.373 e. The van der Waals surface area contributed by atoms with Crippen molar-refractivity contribution in [2.24, 2.45) is 0 Å². The van der Waals surface area contributed by atoms with Crippen LogP contribution in [0.5, 0.6) is 0 Å². The number of piperazine rings is 1. The zero-order chi connectivity index (χ0) is 28.5. The molecule has 0 spiro atoms. The van der Waals surface area contributed by atoms with Gasteiger partial charge in [0.15, 0.2) is 0 Å². The maximum Gasteiger partial charge on any atom is 0.416 e. The molecule has 10 heteroatoms. The van der Waals surface area contributed by atoms with Gasteiger partial charge in [-0.1, -0.05) is 30.9 Å². The Labute approximate surface area is 231 Å². The number of nitrogens with one attached hydrogen (secondary N) is 2. The summed E-state index contributed by atoms with van der Waals surface area (Å²) < 4.78 is 39.3. The maximum absolute atomic E-state index is 13.1. The quantitative estimate of drug-likeness (QED) is 0.268. The first kappa shape index (κ1) is 28.8. The lowest BCUT2D eigenvalue weighted by Gasteiger charge is -2.34. The molecule has 1 aromatic carbocycles. The predicted molar refractivity (Wildman–Crippen MR) is 150 cm³/mol. The number of aromatic nitrogens is 3. The summed E-state index contributed by atoms with van der Waals surface area (Å²) in [5, 5.41) is 4.06. The fourth-order valence-electron chi connectivity index (χ4n) is 4.37. The zero-order valence-electron chi connectivity index (χ0n) is 22.4. The summed E-state index contributed by atoms with van der Waals surface area (Å²) in [4.78, 5) is 26.5. The minimum absolute atomic E-state index is 0.0573. The number of nitrogens with zero attached hydrogens (tertiary/aromatic N) is 4. The van der Waals surface area contributed by atoms with Crippen LogP contribution < -0.4 is 5.32 Å². The van der Waals surface area contributed by atoms with E-state index in [4.69, 9.17) is 0 Å². The number of likely N-dealkylation sites (N-methyl/N-ethyl adjacent to an activating group) is 1. The number of aldehydes is 1. The standard InChI is InChI=1S/C15H19F3N2O.C15H12N4/c1-2-19-5-7-20(8-6-19)10-13-4-3-12(11-21)9-14(13)15(16,17)18;1-16-14-9-11(4-6-17-14)2-3-12-8-13-5-7-18-15(13)19-10-12/h3-4,9,11H,2,5-8,10H2,1H3;4-10H,1H3,(H,16,17)(H,18,19). The number of anilines is 1. The topological polar surface area (TPSA) is 77.1 Å². The van der Waals surface area contributed by atoms with Gasteiger partial charge in [0, 0.05) is 80.4 Å². The molecule has 1 aliphatic heterocycles. The normalized spacial score (nSPS) is 14.1. The molecule has 1 saturated heterocycles. The molecule has 0 atom stereocenters. The zero-order valence-corrected chi connectivity index (χ0v) is 22.4. The summed E-state index contributed by atoms with van der Waals surface area (Å²) in [5.74, 6) is 7.04. The minimum atomic E-state index is -4.43. The summed E-state index contributed by atoms with van der Waals surface area (Å²) >= 11 is 0. The van der Waals surface area contributed by atoms with E-state index >= 15 is 0 Å². The van der Waals surface area contributed by atoms with Crippen LogP contribution in [0, 0.1) is 11.8 Å². The highest BCUT2D eigenvalue weighted by Gasteiger charge is 2.34. The summed E-state index contributed by atoms with van der Waals surface area (Å²) in [7, 11) is 1.84. The van der Waals surface area contributed by atoms with E-state index in [2.05, 4.69) is 43.9 Å². The van der Waals surface area contributed by atoms with E-state index < -0.39 is 11.7 Å². The molecule has 0 aliphatic carbocycles. The Morgan fingerprint density at radius 1 is 1.00 bits per heavy atom. The lowest BCUT2D eigenvalue weighted by Crippen LogP contribution is -2.45. The van der Waals surface area contributed by atoms with Crippen LogP contribution >= 0.6 is 0 Å². The van der Waals surface area contributed by atoms with E-state index in [1.807, 2.05) is 42.4 Å². The molecule has 4 aromatic rings. The van der Waals surface area contributed by atoms with Crippen molar-refractivity contribution in [3.8, 4) is 11.8 Å². The number of hydrogen-bond donors (Lipinski definition) is 2. The Morgan fingerprint density at radius 2 is 1.75 bits per heavy atom. The Hall–Kier alpha value is -4.20. The van der Waals surface area contributed by atoms with Gasteiger partial charge in [0.2, 0.25) is 0 Å². The van der Waals surface area contributed by atoms with Crippen LogP contribution in [0.15, 0.2) is 61.1 Å². The highest BCUT2D eigenvalue weighted by atomic mass is 19.4. The number of aromatic amines is 1. The Kier molecular flexibility index (Phi) is 9.53. The summed E-state index contributed by atoms with van der Waals surface area (Å²) in [6.07, 6.45) is 1.39. The third-order valence-electron chi connectivity index (χ3n) is 6.65.